The molecule has 0 fully saturated rings. The van der Waals surface area contributed by atoms with Gasteiger partial charge in [-0.05, 0) is 30.2 Å². The molecular weight excluding hydrogens is 298 g/mol. The lowest BCUT2D eigenvalue weighted by atomic mass is 10.1. The number of nitrogens with zero attached hydrogens (tertiary/aromatic N) is 5. The molecule has 3 heterocycles. The summed E-state index contributed by atoms with van der Waals surface area (Å²) in [4.78, 5) is 9.11. The highest BCUT2D eigenvalue weighted by Gasteiger charge is 2.14. The quantitative estimate of drug-likeness (QED) is 0.474. The molecule has 24 heavy (non-hydrogen) atoms. The molecule has 1 aromatic carbocycles. The van der Waals surface area contributed by atoms with Crippen LogP contribution in [0.15, 0.2) is 71.2 Å². The van der Waals surface area contributed by atoms with Crippen molar-refractivity contribution in [2.75, 3.05) is 0 Å². The Bertz CT molecular complexity index is 1040. The largest absolute Gasteiger partial charge is 0.283 e. The Labute approximate surface area is 139 Å². The number of imidazole rings is 1. The summed E-state index contributed by atoms with van der Waals surface area (Å²) in [6, 6.07) is 15.8. The zero-order chi connectivity index (χ0) is 16.5. The van der Waals surface area contributed by atoms with Crippen LogP contribution in [0.4, 0.5) is 11.5 Å². The molecule has 0 N–H and O–H groups in total. The first-order chi connectivity index (χ1) is 11.7. The number of para-hydroxylation sites is 1. The third kappa shape index (κ3) is 2.44. The fourth-order valence-electron chi connectivity index (χ4n) is 2.76. The molecule has 0 spiro atoms. The first-order valence-corrected chi connectivity index (χ1v) is 7.96. The monoisotopic (exact) mass is 315 g/mol. The summed E-state index contributed by atoms with van der Waals surface area (Å²) in [5, 5.41) is 10.0. The van der Waals surface area contributed by atoms with Crippen LogP contribution in [0, 0.1) is 0 Å². The van der Waals surface area contributed by atoms with Gasteiger partial charge in [0.2, 0.25) is 0 Å². The summed E-state index contributed by atoms with van der Waals surface area (Å²) < 4.78 is 1.97. The number of fused-ring (bicyclic) bond motifs is 2. The van der Waals surface area contributed by atoms with E-state index in [4.69, 9.17) is 0 Å². The van der Waals surface area contributed by atoms with E-state index >= 15 is 0 Å². The maximum Gasteiger partial charge on any atom is 0.183 e. The highest BCUT2D eigenvalue weighted by molar-refractivity contribution is 5.88. The van der Waals surface area contributed by atoms with Gasteiger partial charge in [0, 0.05) is 17.8 Å². The van der Waals surface area contributed by atoms with Gasteiger partial charge in [0.25, 0.3) is 0 Å². The molecule has 0 aliphatic carbocycles. The third-order valence-corrected chi connectivity index (χ3v) is 3.94. The van der Waals surface area contributed by atoms with Crippen molar-refractivity contribution in [1.82, 2.24) is 14.4 Å². The highest BCUT2D eigenvalue weighted by Crippen LogP contribution is 2.30. The Morgan fingerprint density at radius 1 is 0.958 bits per heavy atom. The van der Waals surface area contributed by atoms with Crippen LogP contribution in [0.3, 0.4) is 0 Å². The number of benzene rings is 1. The molecule has 0 bridgehead atoms. The maximum atomic E-state index is 4.68. The highest BCUT2D eigenvalue weighted by atomic mass is 15.2. The predicted octanol–water partition coefficient (Wildman–Crippen LogP) is 5.42. The number of azo groups is 1. The number of pyridine rings is 2. The Morgan fingerprint density at radius 3 is 2.71 bits per heavy atom. The van der Waals surface area contributed by atoms with Gasteiger partial charge in [-0.25, -0.2) is 4.98 Å². The molecule has 4 aromatic rings. The smallest absolute Gasteiger partial charge is 0.183 e. The van der Waals surface area contributed by atoms with Gasteiger partial charge in [-0.2, -0.15) is 0 Å². The summed E-state index contributed by atoms with van der Waals surface area (Å²) in [5.74, 6) is 1.04. The summed E-state index contributed by atoms with van der Waals surface area (Å²) in [6.45, 7) is 4.22. The molecule has 0 aliphatic rings. The lowest BCUT2D eigenvalue weighted by Crippen LogP contribution is -1.87. The van der Waals surface area contributed by atoms with Crippen LogP contribution in [0.1, 0.15) is 25.5 Å². The summed E-state index contributed by atoms with van der Waals surface area (Å²) in [7, 11) is 0. The Balaban J connectivity index is 1.86. The molecule has 118 valence electrons. The molecule has 0 saturated carbocycles. The number of rotatable bonds is 3. The van der Waals surface area contributed by atoms with E-state index in [0.29, 0.717) is 0 Å². The molecule has 0 unspecified atom stereocenters. The van der Waals surface area contributed by atoms with E-state index in [2.05, 4.69) is 34.0 Å². The molecule has 0 radical (unpaired) electrons. The minimum Gasteiger partial charge on any atom is -0.283 e. The van der Waals surface area contributed by atoms with Crippen LogP contribution in [0.25, 0.3) is 16.6 Å². The van der Waals surface area contributed by atoms with Gasteiger partial charge in [0.05, 0.1) is 11.2 Å². The van der Waals surface area contributed by atoms with Gasteiger partial charge >= 0.3 is 0 Å². The van der Waals surface area contributed by atoms with Crippen molar-refractivity contribution in [1.29, 1.82) is 0 Å². The van der Waals surface area contributed by atoms with Gasteiger partial charge in [-0.1, -0.05) is 38.1 Å². The average Bonchev–Trinajstić information content (AvgIpc) is 2.99. The van der Waals surface area contributed by atoms with Crippen molar-refractivity contribution in [3.05, 3.63) is 66.6 Å². The fraction of sp³-hybridized carbons (Fsp3) is 0.158. The van der Waals surface area contributed by atoms with Crippen molar-refractivity contribution in [3.63, 3.8) is 0 Å². The summed E-state index contributed by atoms with van der Waals surface area (Å²) in [5.41, 5.74) is 3.43. The molecule has 0 amide bonds. The zero-order valence-electron chi connectivity index (χ0n) is 13.6. The van der Waals surface area contributed by atoms with Gasteiger partial charge in [0.15, 0.2) is 5.82 Å². The predicted molar refractivity (Wildman–Crippen MR) is 95.2 cm³/mol. The van der Waals surface area contributed by atoms with Crippen LogP contribution in [-0.2, 0) is 0 Å². The minimum absolute atomic E-state index is 0.268. The number of aromatic nitrogens is 3. The van der Waals surface area contributed by atoms with Crippen LogP contribution in [-0.4, -0.2) is 14.4 Å². The first kappa shape index (κ1) is 14.5. The van der Waals surface area contributed by atoms with Gasteiger partial charge in [-0.3, -0.25) is 9.38 Å². The molecule has 5 heteroatoms. The van der Waals surface area contributed by atoms with E-state index in [1.54, 1.807) is 6.20 Å². The second-order valence-electron chi connectivity index (χ2n) is 5.96. The Hall–Kier alpha value is -3.08. The maximum absolute atomic E-state index is 4.68. The van der Waals surface area contributed by atoms with Crippen molar-refractivity contribution in [2.45, 2.75) is 19.8 Å². The molecule has 3 aromatic heterocycles. The zero-order valence-corrected chi connectivity index (χ0v) is 13.6. The Morgan fingerprint density at radius 2 is 1.83 bits per heavy atom. The Kier molecular flexibility index (Phi) is 3.54. The van der Waals surface area contributed by atoms with Gasteiger partial charge in [0.1, 0.15) is 11.3 Å². The second kappa shape index (κ2) is 5.85. The molecule has 0 atom stereocenters. The van der Waals surface area contributed by atoms with Crippen LogP contribution < -0.4 is 0 Å². The average molecular weight is 315 g/mol. The lowest BCUT2D eigenvalue weighted by Gasteiger charge is -2.02. The second-order valence-corrected chi connectivity index (χ2v) is 5.96. The molecule has 0 aliphatic heterocycles. The van der Waals surface area contributed by atoms with E-state index < -0.39 is 0 Å². The fourth-order valence-corrected chi connectivity index (χ4v) is 2.76. The molecule has 0 saturated heterocycles. The van der Waals surface area contributed by atoms with Crippen molar-refractivity contribution < 1.29 is 0 Å². The van der Waals surface area contributed by atoms with E-state index in [1.165, 1.54) is 0 Å². The van der Waals surface area contributed by atoms with E-state index in [9.17, 15) is 0 Å². The normalized spacial score (nSPS) is 12.0. The minimum atomic E-state index is 0.268. The first-order valence-electron chi connectivity index (χ1n) is 7.96. The lowest BCUT2D eigenvalue weighted by molar-refractivity contribution is 0.831. The van der Waals surface area contributed by atoms with Gasteiger partial charge in [-0.15, -0.1) is 10.2 Å². The van der Waals surface area contributed by atoms with Gasteiger partial charge < -0.3 is 0 Å². The number of hydrogen-bond acceptors (Lipinski definition) is 4. The van der Waals surface area contributed by atoms with Crippen LogP contribution in [0.2, 0.25) is 0 Å². The van der Waals surface area contributed by atoms with Crippen molar-refractivity contribution in [3.8, 4) is 0 Å². The summed E-state index contributed by atoms with van der Waals surface area (Å²) >= 11 is 0. The van der Waals surface area contributed by atoms with E-state index in [1.807, 2.05) is 59.1 Å². The summed E-state index contributed by atoms with van der Waals surface area (Å²) in [6.07, 6.45) is 3.74. The van der Waals surface area contributed by atoms with Crippen LogP contribution in [0.5, 0.6) is 0 Å². The van der Waals surface area contributed by atoms with Crippen LogP contribution >= 0.6 is 0 Å². The van der Waals surface area contributed by atoms with Crippen molar-refractivity contribution in [2.24, 2.45) is 10.2 Å². The van der Waals surface area contributed by atoms with Crippen molar-refractivity contribution >= 4 is 28.1 Å². The standard InChI is InChI=1S/C19H17N5/c1-13(2)17-19(24-12-4-3-10-16(24)21-17)23-22-15-9-5-7-14-8-6-11-20-18(14)15/h3-13H,1-2H3. The molecule has 4 rings (SSSR count). The molecular formula is C19H17N5. The third-order valence-electron chi connectivity index (χ3n) is 3.94. The SMILES string of the molecule is CC(C)c1nc2ccccn2c1N=Nc1cccc2cccnc12. The topological polar surface area (TPSA) is 54.9 Å². The molecule has 5 nitrogen and oxygen atoms in total. The van der Waals surface area contributed by atoms with E-state index in [0.717, 1.165) is 33.7 Å². The number of hydrogen-bond donors (Lipinski definition) is 0. The van der Waals surface area contributed by atoms with E-state index in [-0.39, 0.29) is 5.92 Å².